The molecule has 1 rings (SSSR count). The van der Waals surface area contributed by atoms with Crippen molar-refractivity contribution in [3.63, 3.8) is 0 Å². The zero-order chi connectivity index (χ0) is 9.68. The van der Waals surface area contributed by atoms with E-state index in [0.717, 1.165) is 6.21 Å². The fourth-order valence-corrected chi connectivity index (χ4v) is 0.697. The van der Waals surface area contributed by atoms with Gasteiger partial charge in [0.1, 0.15) is 5.83 Å². The Morgan fingerprint density at radius 1 is 1.77 bits per heavy atom. The SMILES string of the molecule is C=C(N=CC(F)=CC)c1cnc[nH]1. The molecule has 0 spiro atoms. The fraction of sp³-hybridized carbons (Fsp3) is 0.111. The van der Waals surface area contributed by atoms with Crippen LogP contribution in [-0.2, 0) is 0 Å². The lowest BCUT2D eigenvalue weighted by Gasteiger charge is -1.92. The van der Waals surface area contributed by atoms with Crippen LogP contribution in [0.4, 0.5) is 4.39 Å². The van der Waals surface area contributed by atoms with Gasteiger partial charge in [-0.1, -0.05) is 12.7 Å². The molecule has 1 N–H and O–H groups in total. The number of nitrogens with zero attached hydrogens (tertiary/aromatic N) is 2. The minimum atomic E-state index is -0.388. The summed E-state index contributed by atoms with van der Waals surface area (Å²) in [7, 11) is 0. The quantitative estimate of drug-likeness (QED) is 0.711. The first-order chi connectivity index (χ1) is 6.24. The largest absolute Gasteiger partial charge is 0.343 e. The van der Waals surface area contributed by atoms with E-state index in [4.69, 9.17) is 0 Å². The van der Waals surface area contributed by atoms with Gasteiger partial charge in [-0.25, -0.2) is 9.37 Å². The molecule has 0 aliphatic carbocycles. The maximum atomic E-state index is 12.6. The number of aromatic amines is 1. The first-order valence-corrected chi connectivity index (χ1v) is 3.77. The number of aliphatic imine (C=N–C) groups is 1. The van der Waals surface area contributed by atoms with Crippen molar-refractivity contribution in [3.8, 4) is 0 Å². The van der Waals surface area contributed by atoms with E-state index in [0.29, 0.717) is 11.4 Å². The zero-order valence-electron chi connectivity index (χ0n) is 7.29. The van der Waals surface area contributed by atoms with Gasteiger partial charge in [0.05, 0.1) is 30.1 Å². The van der Waals surface area contributed by atoms with E-state index in [2.05, 4.69) is 21.5 Å². The lowest BCUT2D eigenvalue weighted by Crippen LogP contribution is -1.80. The van der Waals surface area contributed by atoms with Gasteiger partial charge in [-0.15, -0.1) is 0 Å². The Balaban J connectivity index is 2.67. The van der Waals surface area contributed by atoms with E-state index in [-0.39, 0.29) is 5.83 Å². The van der Waals surface area contributed by atoms with Crippen molar-refractivity contribution in [1.82, 2.24) is 9.97 Å². The first-order valence-electron chi connectivity index (χ1n) is 3.77. The predicted octanol–water partition coefficient (Wildman–Crippen LogP) is 2.32. The highest BCUT2D eigenvalue weighted by atomic mass is 19.1. The number of hydrogen-bond donors (Lipinski definition) is 1. The Labute approximate surface area is 75.7 Å². The molecule has 1 aromatic heterocycles. The number of aromatic nitrogens is 2. The van der Waals surface area contributed by atoms with Crippen molar-refractivity contribution < 1.29 is 4.39 Å². The summed E-state index contributed by atoms with van der Waals surface area (Å²) in [6, 6.07) is 0. The van der Waals surface area contributed by atoms with Gasteiger partial charge in [-0.05, 0) is 6.92 Å². The van der Waals surface area contributed by atoms with Crippen LogP contribution in [0.3, 0.4) is 0 Å². The van der Waals surface area contributed by atoms with Crippen LogP contribution in [0.5, 0.6) is 0 Å². The van der Waals surface area contributed by atoms with Gasteiger partial charge in [0.15, 0.2) is 0 Å². The summed E-state index contributed by atoms with van der Waals surface area (Å²) >= 11 is 0. The molecule has 0 amide bonds. The molecule has 0 fully saturated rings. The summed E-state index contributed by atoms with van der Waals surface area (Å²) in [5.74, 6) is -0.388. The number of allylic oxidation sites excluding steroid dienone is 2. The van der Waals surface area contributed by atoms with Crippen molar-refractivity contribution in [2.45, 2.75) is 6.92 Å². The summed E-state index contributed by atoms with van der Waals surface area (Å²) in [5.41, 5.74) is 1.13. The average Bonchev–Trinajstić information content (AvgIpc) is 2.66. The highest BCUT2D eigenvalue weighted by molar-refractivity contribution is 5.81. The Bertz CT molecular complexity index is 336. The first kappa shape index (κ1) is 9.38. The third kappa shape index (κ3) is 2.66. The maximum Gasteiger partial charge on any atom is 0.137 e. The molecule has 1 aromatic rings. The molecule has 0 radical (unpaired) electrons. The third-order valence-electron chi connectivity index (χ3n) is 1.43. The smallest absolute Gasteiger partial charge is 0.137 e. The molecule has 0 unspecified atom stereocenters. The number of halogens is 1. The summed E-state index contributed by atoms with van der Waals surface area (Å²) in [6.07, 6.45) is 5.53. The van der Waals surface area contributed by atoms with Crippen molar-refractivity contribution in [2.75, 3.05) is 0 Å². The molecule has 3 nitrogen and oxygen atoms in total. The van der Waals surface area contributed by atoms with E-state index >= 15 is 0 Å². The van der Waals surface area contributed by atoms with Crippen molar-refractivity contribution >= 4 is 11.9 Å². The van der Waals surface area contributed by atoms with E-state index in [1.54, 1.807) is 13.1 Å². The monoisotopic (exact) mass is 179 g/mol. The average molecular weight is 179 g/mol. The van der Waals surface area contributed by atoms with Crippen molar-refractivity contribution in [2.24, 2.45) is 4.99 Å². The van der Waals surface area contributed by atoms with Crippen LogP contribution < -0.4 is 0 Å². The van der Waals surface area contributed by atoms with Gasteiger partial charge in [-0.3, -0.25) is 4.99 Å². The lowest BCUT2D eigenvalue weighted by molar-refractivity contribution is 0.684. The number of H-pyrrole nitrogens is 1. The van der Waals surface area contributed by atoms with E-state index in [1.807, 2.05) is 0 Å². The summed E-state index contributed by atoms with van der Waals surface area (Å²) in [4.78, 5) is 10.4. The molecule has 0 bridgehead atoms. The number of nitrogens with one attached hydrogen (secondary N) is 1. The zero-order valence-corrected chi connectivity index (χ0v) is 7.29. The molecular weight excluding hydrogens is 169 g/mol. The molecule has 13 heavy (non-hydrogen) atoms. The Kier molecular flexibility index (Phi) is 3.14. The van der Waals surface area contributed by atoms with Gasteiger partial charge in [0, 0.05) is 0 Å². The van der Waals surface area contributed by atoms with Crippen LogP contribution >= 0.6 is 0 Å². The molecular formula is C9H10FN3. The Morgan fingerprint density at radius 3 is 3.08 bits per heavy atom. The van der Waals surface area contributed by atoms with Gasteiger partial charge < -0.3 is 4.98 Å². The van der Waals surface area contributed by atoms with Gasteiger partial charge >= 0.3 is 0 Å². The molecule has 0 aliphatic rings. The van der Waals surface area contributed by atoms with E-state index in [9.17, 15) is 4.39 Å². The highest BCUT2D eigenvalue weighted by Gasteiger charge is 1.96. The van der Waals surface area contributed by atoms with Crippen LogP contribution in [0, 0.1) is 0 Å². The molecule has 0 aliphatic heterocycles. The minimum Gasteiger partial charge on any atom is -0.343 e. The fourth-order valence-electron chi connectivity index (χ4n) is 0.697. The molecule has 68 valence electrons. The summed E-state index contributed by atoms with van der Waals surface area (Å²) < 4.78 is 12.6. The topological polar surface area (TPSA) is 41.0 Å². The molecule has 0 atom stereocenters. The van der Waals surface area contributed by atoms with E-state index in [1.165, 1.54) is 12.4 Å². The molecule has 1 heterocycles. The highest BCUT2D eigenvalue weighted by Crippen LogP contribution is 2.08. The van der Waals surface area contributed by atoms with Gasteiger partial charge in [-0.2, -0.15) is 0 Å². The van der Waals surface area contributed by atoms with Crippen LogP contribution in [-0.4, -0.2) is 16.2 Å². The molecule has 4 heteroatoms. The summed E-state index contributed by atoms with van der Waals surface area (Å²) in [5, 5.41) is 0. The van der Waals surface area contributed by atoms with Crippen molar-refractivity contribution in [3.05, 3.63) is 36.7 Å². The number of hydrogen-bond acceptors (Lipinski definition) is 2. The summed E-state index contributed by atoms with van der Waals surface area (Å²) in [6.45, 7) is 5.24. The normalized spacial score (nSPS) is 12.3. The van der Waals surface area contributed by atoms with Crippen LogP contribution in [0.2, 0.25) is 0 Å². The second kappa shape index (κ2) is 4.35. The third-order valence-corrected chi connectivity index (χ3v) is 1.43. The standard InChI is InChI=1S/C9H10FN3/c1-3-8(10)4-12-7(2)9-5-11-6-13-9/h3-6H,2H2,1H3,(H,11,13). The Morgan fingerprint density at radius 2 is 2.54 bits per heavy atom. The number of rotatable bonds is 3. The van der Waals surface area contributed by atoms with Gasteiger partial charge in [0.25, 0.3) is 0 Å². The predicted molar refractivity (Wildman–Crippen MR) is 51.0 cm³/mol. The van der Waals surface area contributed by atoms with Gasteiger partial charge in [0.2, 0.25) is 0 Å². The number of imidazole rings is 1. The lowest BCUT2D eigenvalue weighted by atomic mass is 10.4. The van der Waals surface area contributed by atoms with E-state index < -0.39 is 0 Å². The molecule has 0 saturated carbocycles. The molecule has 0 aromatic carbocycles. The van der Waals surface area contributed by atoms with Crippen LogP contribution in [0.25, 0.3) is 5.70 Å². The maximum absolute atomic E-state index is 12.6. The molecule has 0 saturated heterocycles. The van der Waals surface area contributed by atoms with Crippen LogP contribution in [0.15, 0.2) is 36.0 Å². The minimum absolute atomic E-state index is 0.388. The Hall–Kier alpha value is -1.71. The van der Waals surface area contributed by atoms with Crippen molar-refractivity contribution in [1.29, 1.82) is 0 Å². The van der Waals surface area contributed by atoms with Crippen LogP contribution in [0.1, 0.15) is 12.6 Å². The second-order valence-electron chi connectivity index (χ2n) is 2.34. The second-order valence-corrected chi connectivity index (χ2v) is 2.34.